The molecule has 0 aliphatic rings. The predicted molar refractivity (Wildman–Crippen MR) is 106 cm³/mol. The number of para-hydroxylation sites is 2. The largest absolute Gasteiger partial charge is 0.482 e. The third-order valence-corrected chi connectivity index (χ3v) is 3.95. The van der Waals surface area contributed by atoms with Crippen LogP contribution < -0.4 is 15.4 Å². The topological polar surface area (TPSA) is 67.4 Å². The molecule has 0 radical (unpaired) electrons. The van der Waals surface area contributed by atoms with Gasteiger partial charge in [0.25, 0.3) is 11.8 Å². The molecule has 0 spiro atoms. The number of carbonyl (C=O) groups excluding carboxylic acids is 2. The number of anilines is 2. The SMILES string of the molecule is O=C(COc1ccccc1Cl)Nc1cccc(C(=O)Nc2ccccc2)c1. The van der Waals surface area contributed by atoms with Crippen LogP contribution in [0, 0.1) is 0 Å². The van der Waals surface area contributed by atoms with E-state index in [1.165, 1.54) is 0 Å². The van der Waals surface area contributed by atoms with Gasteiger partial charge in [-0.25, -0.2) is 0 Å². The average Bonchev–Trinajstić information content (AvgIpc) is 2.68. The first kappa shape index (κ1) is 18.5. The smallest absolute Gasteiger partial charge is 0.262 e. The monoisotopic (exact) mass is 380 g/mol. The molecule has 136 valence electrons. The molecule has 2 N–H and O–H groups in total. The van der Waals surface area contributed by atoms with Crippen molar-refractivity contribution in [2.24, 2.45) is 0 Å². The van der Waals surface area contributed by atoms with Gasteiger partial charge in [-0.3, -0.25) is 9.59 Å². The molecule has 3 aromatic rings. The summed E-state index contributed by atoms with van der Waals surface area (Å²) in [5.41, 5.74) is 1.64. The Kier molecular flexibility index (Phi) is 6.07. The molecule has 3 rings (SSSR count). The van der Waals surface area contributed by atoms with Gasteiger partial charge in [0.2, 0.25) is 0 Å². The number of hydrogen-bond acceptors (Lipinski definition) is 3. The summed E-state index contributed by atoms with van der Waals surface area (Å²) in [5, 5.41) is 5.94. The maximum absolute atomic E-state index is 12.3. The summed E-state index contributed by atoms with van der Waals surface area (Å²) in [6.45, 7) is -0.190. The highest BCUT2D eigenvalue weighted by Gasteiger charge is 2.09. The molecular formula is C21H17ClN2O3. The number of benzene rings is 3. The molecule has 0 unspecified atom stereocenters. The molecule has 27 heavy (non-hydrogen) atoms. The molecule has 0 heterocycles. The quantitative estimate of drug-likeness (QED) is 0.656. The van der Waals surface area contributed by atoms with E-state index in [1.807, 2.05) is 18.2 Å². The van der Waals surface area contributed by atoms with Gasteiger partial charge in [-0.15, -0.1) is 0 Å². The van der Waals surface area contributed by atoms with Gasteiger partial charge in [0, 0.05) is 16.9 Å². The summed E-state index contributed by atoms with van der Waals surface area (Å²) in [6, 6.07) is 22.7. The number of carbonyl (C=O) groups is 2. The van der Waals surface area contributed by atoms with E-state index < -0.39 is 0 Å². The second-order valence-electron chi connectivity index (χ2n) is 5.67. The van der Waals surface area contributed by atoms with Gasteiger partial charge < -0.3 is 15.4 Å². The van der Waals surface area contributed by atoms with Gasteiger partial charge in [-0.2, -0.15) is 0 Å². The van der Waals surface area contributed by atoms with Gasteiger partial charge >= 0.3 is 0 Å². The molecule has 3 aromatic carbocycles. The fraction of sp³-hybridized carbons (Fsp3) is 0.0476. The highest BCUT2D eigenvalue weighted by atomic mass is 35.5. The van der Waals surface area contributed by atoms with E-state index in [9.17, 15) is 9.59 Å². The average molecular weight is 381 g/mol. The molecule has 0 aliphatic carbocycles. The Labute approximate surface area is 161 Å². The molecular weight excluding hydrogens is 364 g/mol. The lowest BCUT2D eigenvalue weighted by Gasteiger charge is -2.10. The lowest BCUT2D eigenvalue weighted by Crippen LogP contribution is -2.20. The summed E-state index contributed by atoms with van der Waals surface area (Å²) < 4.78 is 5.40. The van der Waals surface area contributed by atoms with E-state index in [0.29, 0.717) is 27.7 Å². The van der Waals surface area contributed by atoms with Crippen LogP contribution in [-0.2, 0) is 4.79 Å². The Morgan fingerprint density at radius 1 is 0.815 bits per heavy atom. The van der Waals surface area contributed by atoms with Gasteiger partial charge in [0.15, 0.2) is 6.61 Å². The fourth-order valence-corrected chi connectivity index (χ4v) is 2.56. The molecule has 0 saturated carbocycles. The maximum Gasteiger partial charge on any atom is 0.262 e. The van der Waals surface area contributed by atoms with Crippen LogP contribution in [0.5, 0.6) is 5.75 Å². The molecule has 0 aliphatic heterocycles. The van der Waals surface area contributed by atoms with Crippen LogP contribution >= 0.6 is 11.6 Å². The third-order valence-electron chi connectivity index (χ3n) is 3.64. The summed E-state index contributed by atoms with van der Waals surface area (Å²) in [5.74, 6) is -0.176. The van der Waals surface area contributed by atoms with Gasteiger partial charge in [0.05, 0.1) is 5.02 Å². The Hall–Kier alpha value is -3.31. The summed E-state index contributed by atoms with van der Waals surface area (Å²) >= 11 is 5.99. The minimum absolute atomic E-state index is 0.190. The van der Waals surface area contributed by atoms with Crippen LogP contribution in [0.1, 0.15) is 10.4 Å². The van der Waals surface area contributed by atoms with Gasteiger partial charge in [0.1, 0.15) is 5.75 Å². The zero-order valence-electron chi connectivity index (χ0n) is 14.3. The highest BCUT2D eigenvalue weighted by Crippen LogP contribution is 2.23. The van der Waals surface area contributed by atoms with Crippen molar-refractivity contribution >= 4 is 34.8 Å². The van der Waals surface area contributed by atoms with Crippen LogP contribution in [0.25, 0.3) is 0 Å². The number of halogens is 1. The maximum atomic E-state index is 12.3. The van der Waals surface area contributed by atoms with E-state index in [1.54, 1.807) is 60.7 Å². The van der Waals surface area contributed by atoms with Crippen molar-refractivity contribution in [3.8, 4) is 5.75 Å². The van der Waals surface area contributed by atoms with E-state index in [0.717, 1.165) is 0 Å². The lowest BCUT2D eigenvalue weighted by atomic mass is 10.2. The van der Waals surface area contributed by atoms with Crippen molar-refractivity contribution in [3.05, 3.63) is 89.4 Å². The molecule has 2 amide bonds. The van der Waals surface area contributed by atoms with Crippen LogP contribution in [0.15, 0.2) is 78.9 Å². The second-order valence-corrected chi connectivity index (χ2v) is 6.08. The van der Waals surface area contributed by atoms with Crippen molar-refractivity contribution in [1.82, 2.24) is 0 Å². The van der Waals surface area contributed by atoms with Crippen LogP contribution in [0.2, 0.25) is 5.02 Å². The first-order chi connectivity index (χ1) is 13.1. The lowest BCUT2D eigenvalue weighted by molar-refractivity contribution is -0.118. The number of hydrogen-bond donors (Lipinski definition) is 2. The van der Waals surface area contributed by atoms with Crippen molar-refractivity contribution in [2.45, 2.75) is 0 Å². The van der Waals surface area contributed by atoms with Gasteiger partial charge in [-0.05, 0) is 42.5 Å². The van der Waals surface area contributed by atoms with E-state index in [-0.39, 0.29) is 18.4 Å². The number of nitrogens with one attached hydrogen (secondary N) is 2. The summed E-state index contributed by atoms with van der Waals surface area (Å²) in [7, 11) is 0. The van der Waals surface area contributed by atoms with E-state index >= 15 is 0 Å². The minimum atomic E-state index is -0.351. The number of amides is 2. The van der Waals surface area contributed by atoms with E-state index in [4.69, 9.17) is 16.3 Å². The fourth-order valence-electron chi connectivity index (χ4n) is 2.37. The zero-order valence-corrected chi connectivity index (χ0v) is 15.1. The molecule has 0 fully saturated rings. The highest BCUT2D eigenvalue weighted by molar-refractivity contribution is 6.32. The Balaban J connectivity index is 1.59. The summed E-state index contributed by atoms with van der Waals surface area (Å²) in [4.78, 5) is 24.4. The third kappa shape index (κ3) is 5.33. The molecule has 0 aromatic heterocycles. The standard InChI is InChI=1S/C21H17ClN2O3/c22-18-11-4-5-12-19(18)27-14-20(25)23-17-10-6-7-15(13-17)21(26)24-16-8-2-1-3-9-16/h1-13H,14H2,(H,23,25)(H,24,26). The molecule has 5 nitrogen and oxygen atoms in total. The van der Waals surface area contributed by atoms with Gasteiger partial charge in [-0.1, -0.05) is 48.0 Å². The Bertz CT molecular complexity index is 945. The van der Waals surface area contributed by atoms with Crippen molar-refractivity contribution < 1.29 is 14.3 Å². The van der Waals surface area contributed by atoms with Crippen molar-refractivity contribution in [2.75, 3.05) is 17.2 Å². The zero-order chi connectivity index (χ0) is 19.1. The Morgan fingerprint density at radius 3 is 2.30 bits per heavy atom. The van der Waals surface area contributed by atoms with Crippen LogP contribution in [0.4, 0.5) is 11.4 Å². The summed E-state index contributed by atoms with van der Waals surface area (Å²) in [6.07, 6.45) is 0. The van der Waals surface area contributed by atoms with E-state index in [2.05, 4.69) is 10.6 Å². The first-order valence-electron chi connectivity index (χ1n) is 8.25. The number of rotatable bonds is 6. The second kappa shape index (κ2) is 8.87. The molecule has 0 saturated heterocycles. The first-order valence-corrected chi connectivity index (χ1v) is 8.63. The minimum Gasteiger partial charge on any atom is -0.482 e. The molecule has 0 bridgehead atoms. The van der Waals surface area contributed by atoms with Crippen LogP contribution in [-0.4, -0.2) is 18.4 Å². The van der Waals surface area contributed by atoms with Crippen molar-refractivity contribution in [1.29, 1.82) is 0 Å². The van der Waals surface area contributed by atoms with Crippen LogP contribution in [0.3, 0.4) is 0 Å². The molecule has 0 atom stereocenters. The molecule has 6 heteroatoms. The predicted octanol–water partition coefficient (Wildman–Crippen LogP) is 4.61. The van der Waals surface area contributed by atoms with Crippen molar-refractivity contribution in [3.63, 3.8) is 0 Å². The Morgan fingerprint density at radius 2 is 1.52 bits per heavy atom. The number of ether oxygens (including phenoxy) is 1. The normalized spacial score (nSPS) is 10.1.